The Morgan fingerprint density at radius 2 is 1.72 bits per heavy atom. The van der Waals surface area contributed by atoms with E-state index in [0.717, 1.165) is 22.8 Å². The number of benzene rings is 2. The minimum Gasteiger partial charge on any atom is -0.497 e. The molecule has 2 aromatic carbocycles. The third-order valence-electron chi connectivity index (χ3n) is 4.99. The molecule has 1 heterocycles. The zero-order valence-electron chi connectivity index (χ0n) is 17.7. The first-order valence-electron chi connectivity index (χ1n) is 9.83. The highest BCUT2D eigenvalue weighted by Gasteiger charge is 2.36. The smallest absolute Gasteiger partial charge is 0.261 e. The van der Waals surface area contributed by atoms with E-state index in [4.69, 9.17) is 18.9 Å². The molecule has 1 aliphatic heterocycles. The van der Waals surface area contributed by atoms with Gasteiger partial charge in [0.15, 0.2) is 6.10 Å². The summed E-state index contributed by atoms with van der Waals surface area (Å²) in [5.41, 5.74) is 0.522. The van der Waals surface area contributed by atoms with Gasteiger partial charge in [0, 0.05) is 12.0 Å². The van der Waals surface area contributed by atoms with Crippen molar-refractivity contribution in [2.75, 3.05) is 14.2 Å². The van der Waals surface area contributed by atoms with Gasteiger partial charge in [-0.05, 0) is 62.7 Å². The molecule has 6 nitrogen and oxygen atoms in total. The van der Waals surface area contributed by atoms with Gasteiger partial charge in [0.2, 0.25) is 0 Å². The van der Waals surface area contributed by atoms with E-state index in [-0.39, 0.29) is 11.9 Å². The molecule has 1 amide bonds. The molecule has 2 aromatic rings. The van der Waals surface area contributed by atoms with Gasteiger partial charge < -0.3 is 24.3 Å². The lowest BCUT2D eigenvalue weighted by Gasteiger charge is -2.38. The van der Waals surface area contributed by atoms with E-state index < -0.39 is 11.7 Å². The van der Waals surface area contributed by atoms with Crippen LogP contribution in [0.5, 0.6) is 23.0 Å². The first-order chi connectivity index (χ1) is 13.8. The van der Waals surface area contributed by atoms with Crippen molar-refractivity contribution in [2.24, 2.45) is 0 Å². The highest BCUT2D eigenvalue weighted by Crippen LogP contribution is 2.41. The molecule has 2 atom stereocenters. The predicted molar refractivity (Wildman–Crippen MR) is 111 cm³/mol. The zero-order chi connectivity index (χ0) is 21.0. The molecular formula is C23H29NO5. The number of rotatable bonds is 7. The summed E-state index contributed by atoms with van der Waals surface area (Å²) in [7, 11) is 3.24. The molecule has 1 N–H and O–H groups in total. The van der Waals surface area contributed by atoms with Crippen LogP contribution in [0.4, 0.5) is 0 Å². The highest BCUT2D eigenvalue weighted by molar-refractivity contribution is 5.81. The number of carbonyl (C=O) groups excluding carboxylic acids is 1. The van der Waals surface area contributed by atoms with Crippen molar-refractivity contribution in [1.82, 2.24) is 5.32 Å². The summed E-state index contributed by atoms with van der Waals surface area (Å²) in [5, 5.41) is 3.15. The van der Waals surface area contributed by atoms with Crippen LogP contribution in [0.3, 0.4) is 0 Å². The van der Waals surface area contributed by atoms with Crippen LogP contribution >= 0.6 is 0 Å². The second-order valence-electron chi connectivity index (χ2n) is 7.72. The maximum atomic E-state index is 13.0. The topological polar surface area (TPSA) is 66.0 Å². The normalized spacial score (nSPS) is 18.0. The Hall–Kier alpha value is -2.89. The molecule has 3 rings (SSSR count). The summed E-state index contributed by atoms with van der Waals surface area (Å²) in [4.78, 5) is 13.0. The van der Waals surface area contributed by atoms with Crippen LogP contribution in [-0.2, 0) is 4.79 Å². The van der Waals surface area contributed by atoms with Gasteiger partial charge in [0.25, 0.3) is 5.91 Å². The van der Waals surface area contributed by atoms with Gasteiger partial charge in [-0.25, -0.2) is 0 Å². The van der Waals surface area contributed by atoms with Gasteiger partial charge >= 0.3 is 0 Å². The van der Waals surface area contributed by atoms with E-state index in [1.165, 1.54) is 0 Å². The van der Waals surface area contributed by atoms with Crippen molar-refractivity contribution in [1.29, 1.82) is 0 Å². The third-order valence-corrected chi connectivity index (χ3v) is 4.99. The first-order valence-corrected chi connectivity index (χ1v) is 9.83. The van der Waals surface area contributed by atoms with E-state index in [1.807, 2.05) is 51.1 Å². The minimum atomic E-state index is -0.594. The Labute approximate surface area is 172 Å². The fourth-order valence-corrected chi connectivity index (χ4v) is 3.49. The van der Waals surface area contributed by atoms with E-state index in [9.17, 15) is 4.79 Å². The quantitative estimate of drug-likeness (QED) is 0.753. The molecule has 0 aliphatic carbocycles. The maximum Gasteiger partial charge on any atom is 0.261 e. The van der Waals surface area contributed by atoms with Crippen molar-refractivity contribution in [2.45, 2.75) is 51.4 Å². The van der Waals surface area contributed by atoms with Gasteiger partial charge in [0.1, 0.15) is 28.6 Å². The summed E-state index contributed by atoms with van der Waals surface area (Å²) >= 11 is 0. The Morgan fingerprint density at radius 1 is 1.10 bits per heavy atom. The SMILES string of the molecule is CC[C@H](Oc1ccc(OC)cc1)C(=O)N[C@H]1CC(C)(C)Oc2ccc(OC)cc21. The second kappa shape index (κ2) is 8.64. The number of ether oxygens (including phenoxy) is 4. The molecule has 29 heavy (non-hydrogen) atoms. The minimum absolute atomic E-state index is 0.153. The zero-order valence-corrected chi connectivity index (χ0v) is 17.7. The molecule has 6 heteroatoms. The largest absolute Gasteiger partial charge is 0.497 e. The lowest BCUT2D eigenvalue weighted by Crippen LogP contribution is -2.45. The van der Waals surface area contributed by atoms with Gasteiger partial charge in [-0.3, -0.25) is 4.79 Å². The van der Waals surface area contributed by atoms with Crippen LogP contribution in [0.2, 0.25) is 0 Å². The Bertz CT molecular complexity index is 847. The summed E-state index contributed by atoms with van der Waals surface area (Å²) in [6.07, 6.45) is 0.608. The monoisotopic (exact) mass is 399 g/mol. The Morgan fingerprint density at radius 3 is 2.34 bits per heavy atom. The molecule has 0 fully saturated rings. The Balaban J connectivity index is 1.77. The fourth-order valence-electron chi connectivity index (χ4n) is 3.49. The van der Waals surface area contributed by atoms with Crippen molar-refractivity contribution in [3.8, 4) is 23.0 Å². The molecular weight excluding hydrogens is 370 g/mol. The Kier molecular flexibility index (Phi) is 6.20. The lowest BCUT2D eigenvalue weighted by molar-refractivity contribution is -0.129. The van der Waals surface area contributed by atoms with E-state index in [1.54, 1.807) is 26.4 Å². The molecule has 0 saturated heterocycles. The van der Waals surface area contributed by atoms with Gasteiger partial charge in [-0.15, -0.1) is 0 Å². The molecule has 0 radical (unpaired) electrons. The van der Waals surface area contributed by atoms with E-state index in [2.05, 4.69) is 5.32 Å². The number of carbonyl (C=O) groups is 1. The van der Waals surface area contributed by atoms with Crippen LogP contribution in [0.1, 0.15) is 45.2 Å². The van der Waals surface area contributed by atoms with Crippen LogP contribution in [-0.4, -0.2) is 31.8 Å². The molecule has 0 bridgehead atoms. The number of nitrogens with one attached hydrogen (secondary N) is 1. The van der Waals surface area contributed by atoms with Crippen LogP contribution in [0.15, 0.2) is 42.5 Å². The second-order valence-corrected chi connectivity index (χ2v) is 7.72. The number of methoxy groups -OCH3 is 2. The van der Waals surface area contributed by atoms with Crippen molar-refractivity contribution in [3.63, 3.8) is 0 Å². The average molecular weight is 399 g/mol. The number of hydrogen-bond acceptors (Lipinski definition) is 5. The molecule has 0 saturated carbocycles. The molecule has 0 aromatic heterocycles. The molecule has 1 aliphatic rings. The number of hydrogen-bond donors (Lipinski definition) is 1. The van der Waals surface area contributed by atoms with E-state index >= 15 is 0 Å². The lowest BCUT2D eigenvalue weighted by atomic mass is 9.89. The van der Waals surface area contributed by atoms with Gasteiger partial charge in [-0.2, -0.15) is 0 Å². The predicted octanol–water partition coefficient (Wildman–Crippen LogP) is 4.28. The molecule has 156 valence electrons. The summed E-state index contributed by atoms with van der Waals surface area (Å²) < 4.78 is 22.5. The summed E-state index contributed by atoms with van der Waals surface area (Å²) in [6.45, 7) is 5.97. The van der Waals surface area contributed by atoms with Crippen LogP contribution in [0.25, 0.3) is 0 Å². The maximum absolute atomic E-state index is 13.0. The first kappa shape index (κ1) is 20.8. The fraction of sp³-hybridized carbons (Fsp3) is 0.435. The molecule has 0 unspecified atom stereocenters. The van der Waals surface area contributed by atoms with Crippen molar-refractivity contribution >= 4 is 5.91 Å². The van der Waals surface area contributed by atoms with Crippen molar-refractivity contribution < 1.29 is 23.7 Å². The number of amides is 1. The van der Waals surface area contributed by atoms with Gasteiger partial charge in [-0.1, -0.05) is 6.92 Å². The molecule has 0 spiro atoms. The highest BCUT2D eigenvalue weighted by atomic mass is 16.5. The number of fused-ring (bicyclic) bond motifs is 1. The summed E-state index contributed by atoms with van der Waals surface area (Å²) in [6, 6.07) is 12.7. The van der Waals surface area contributed by atoms with Crippen molar-refractivity contribution in [3.05, 3.63) is 48.0 Å². The van der Waals surface area contributed by atoms with Gasteiger partial charge in [0.05, 0.1) is 20.3 Å². The summed E-state index contributed by atoms with van der Waals surface area (Å²) in [5.74, 6) is 2.70. The van der Waals surface area contributed by atoms with Crippen LogP contribution in [0, 0.1) is 0 Å². The standard InChI is InChI=1S/C23H29NO5/c1-6-20(28-16-9-7-15(26-4)8-10-16)22(25)24-19-14-23(2,3)29-21-12-11-17(27-5)13-18(19)21/h7-13,19-20H,6,14H2,1-5H3,(H,24,25)/t19-,20-/m0/s1. The third kappa shape index (κ3) is 4.94. The van der Waals surface area contributed by atoms with E-state index in [0.29, 0.717) is 18.6 Å². The van der Waals surface area contributed by atoms with Crippen LogP contribution < -0.4 is 24.3 Å². The average Bonchev–Trinajstić information content (AvgIpc) is 2.71.